The highest BCUT2D eigenvalue weighted by Gasteiger charge is 2.04. The molecule has 2 aromatic rings. The fourth-order valence-electron chi connectivity index (χ4n) is 2.26. The molecule has 1 aromatic carbocycles. The number of aromatic nitrogens is 1. The Morgan fingerprint density at radius 3 is 2.55 bits per heavy atom. The van der Waals surface area contributed by atoms with E-state index in [0.29, 0.717) is 0 Å². The highest BCUT2D eigenvalue weighted by molar-refractivity contribution is 5.39. The molecular formula is C17H23N3. The number of nitrogen functional groups attached to an aromatic ring is 1. The van der Waals surface area contributed by atoms with E-state index in [1.165, 1.54) is 5.56 Å². The van der Waals surface area contributed by atoms with E-state index in [4.69, 9.17) is 5.73 Å². The summed E-state index contributed by atoms with van der Waals surface area (Å²) in [5.41, 5.74) is 9.02. The van der Waals surface area contributed by atoms with E-state index in [1.54, 1.807) is 0 Å². The quantitative estimate of drug-likeness (QED) is 0.785. The van der Waals surface area contributed by atoms with Gasteiger partial charge in [0, 0.05) is 18.4 Å². The molecule has 0 saturated carbocycles. The van der Waals surface area contributed by atoms with Crippen molar-refractivity contribution in [2.24, 2.45) is 0 Å². The topological polar surface area (TPSA) is 42.1 Å². The standard InChI is InChI=1S/C17H23N3/c1-2-20(14-17-7-3-4-12-19-17)13-5-6-15-8-10-16(18)11-9-15/h3-4,7-12H,2,5-6,13-14,18H2,1H3. The Balaban J connectivity index is 1.78. The van der Waals surface area contributed by atoms with Crippen LogP contribution in [0.15, 0.2) is 48.7 Å². The molecule has 0 saturated heterocycles. The number of hydrogen-bond donors (Lipinski definition) is 1. The number of benzene rings is 1. The highest BCUT2D eigenvalue weighted by atomic mass is 15.1. The molecule has 0 aliphatic rings. The molecule has 3 heteroatoms. The van der Waals surface area contributed by atoms with Gasteiger partial charge in [0.05, 0.1) is 5.69 Å². The van der Waals surface area contributed by atoms with Crippen molar-refractivity contribution in [1.29, 1.82) is 0 Å². The fraction of sp³-hybridized carbons (Fsp3) is 0.353. The molecule has 1 aromatic heterocycles. The van der Waals surface area contributed by atoms with Crippen molar-refractivity contribution in [3.63, 3.8) is 0 Å². The SMILES string of the molecule is CCN(CCCc1ccc(N)cc1)Cc1ccccn1. The van der Waals surface area contributed by atoms with Crippen molar-refractivity contribution >= 4 is 5.69 Å². The summed E-state index contributed by atoms with van der Waals surface area (Å²) in [5, 5.41) is 0. The molecule has 0 radical (unpaired) electrons. The molecule has 20 heavy (non-hydrogen) atoms. The van der Waals surface area contributed by atoms with Gasteiger partial charge >= 0.3 is 0 Å². The third kappa shape index (κ3) is 4.67. The lowest BCUT2D eigenvalue weighted by atomic mass is 10.1. The van der Waals surface area contributed by atoms with Crippen LogP contribution in [0.4, 0.5) is 5.69 Å². The van der Waals surface area contributed by atoms with Gasteiger partial charge in [0.15, 0.2) is 0 Å². The van der Waals surface area contributed by atoms with Crippen molar-refractivity contribution in [3.05, 3.63) is 59.9 Å². The third-order valence-corrected chi connectivity index (χ3v) is 3.48. The molecular weight excluding hydrogens is 246 g/mol. The van der Waals surface area contributed by atoms with Gasteiger partial charge in [-0.25, -0.2) is 0 Å². The summed E-state index contributed by atoms with van der Waals surface area (Å²) in [4.78, 5) is 6.82. The molecule has 1 heterocycles. The summed E-state index contributed by atoms with van der Waals surface area (Å²) in [7, 11) is 0. The number of nitrogens with two attached hydrogens (primary N) is 1. The number of anilines is 1. The molecule has 3 nitrogen and oxygen atoms in total. The van der Waals surface area contributed by atoms with E-state index in [9.17, 15) is 0 Å². The lowest BCUT2D eigenvalue weighted by molar-refractivity contribution is 0.273. The first kappa shape index (κ1) is 14.5. The monoisotopic (exact) mass is 269 g/mol. The van der Waals surface area contributed by atoms with Gasteiger partial charge < -0.3 is 5.73 Å². The van der Waals surface area contributed by atoms with Crippen LogP contribution >= 0.6 is 0 Å². The van der Waals surface area contributed by atoms with Crippen LogP contribution < -0.4 is 5.73 Å². The van der Waals surface area contributed by atoms with E-state index in [2.05, 4.69) is 35.0 Å². The second-order valence-electron chi connectivity index (χ2n) is 5.03. The van der Waals surface area contributed by atoms with E-state index in [1.807, 2.05) is 30.5 Å². The molecule has 0 aliphatic carbocycles. The van der Waals surface area contributed by atoms with Crippen LogP contribution in [0, 0.1) is 0 Å². The number of rotatable bonds is 7. The summed E-state index contributed by atoms with van der Waals surface area (Å²) < 4.78 is 0. The molecule has 0 amide bonds. The smallest absolute Gasteiger partial charge is 0.0543 e. The van der Waals surface area contributed by atoms with Gasteiger partial charge in [0.2, 0.25) is 0 Å². The second kappa shape index (κ2) is 7.65. The minimum atomic E-state index is 0.832. The summed E-state index contributed by atoms with van der Waals surface area (Å²) in [6.07, 6.45) is 4.11. The first-order chi connectivity index (χ1) is 9.78. The van der Waals surface area contributed by atoms with E-state index < -0.39 is 0 Å². The Hall–Kier alpha value is -1.87. The summed E-state index contributed by atoms with van der Waals surface area (Å²) >= 11 is 0. The van der Waals surface area contributed by atoms with E-state index in [-0.39, 0.29) is 0 Å². The lowest BCUT2D eigenvalue weighted by Gasteiger charge is -2.19. The first-order valence-electron chi connectivity index (χ1n) is 7.24. The maximum absolute atomic E-state index is 5.70. The zero-order valence-electron chi connectivity index (χ0n) is 12.1. The van der Waals surface area contributed by atoms with Gasteiger partial charge in [-0.05, 0) is 55.8 Å². The fourth-order valence-corrected chi connectivity index (χ4v) is 2.26. The van der Waals surface area contributed by atoms with Crippen LogP contribution in [-0.4, -0.2) is 23.0 Å². The summed E-state index contributed by atoms with van der Waals surface area (Å²) in [6.45, 7) is 5.28. The van der Waals surface area contributed by atoms with Crippen molar-refractivity contribution in [3.8, 4) is 0 Å². The van der Waals surface area contributed by atoms with Crippen LogP contribution in [0.25, 0.3) is 0 Å². The zero-order valence-corrected chi connectivity index (χ0v) is 12.1. The Labute approximate surface area is 121 Å². The van der Waals surface area contributed by atoms with Crippen LogP contribution in [0.1, 0.15) is 24.6 Å². The Morgan fingerprint density at radius 1 is 1.10 bits per heavy atom. The van der Waals surface area contributed by atoms with Gasteiger partial charge in [-0.2, -0.15) is 0 Å². The number of aryl methyl sites for hydroxylation is 1. The molecule has 0 atom stereocenters. The normalized spacial score (nSPS) is 10.9. The van der Waals surface area contributed by atoms with Gasteiger partial charge in [-0.3, -0.25) is 9.88 Å². The van der Waals surface area contributed by atoms with Crippen LogP contribution in [0.5, 0.6) is 0 Å². The molecule has 2 rings (SSSR count). The number of pyridine rings is 1. The highest BCUT2D eigenvalue weighted by Crippen LogP contribution is 2.09. The molecule has 0 unspecified atom stereocenters. The van der Waals surface area contributed by atoms with E-state index in [0.717, 1.165) is 43.9 Å². The third-order valence-electron chi connectivity index (χ3n) is 3.48. The Kier molecular flexibility index (Phi) is 5.56. The van der Waals surface area contributed by atoms with Gasteiger partial charge in [-0.1, -0.05) is 25.1 Å². The minimum Gasteiger partial charge on any atom is -0.399 e. The van der Waals surface area contributed by atoms with Crippen molar-refractivity contribution < 1.29 is 0 Å². The van der Waals surface area contributed by atoms with Crippen molar-refractivity contribution in [2.75, 3.05) is 18.8 Å². The molecule has 2 N–H and O–H groups in total. The van der Waals surface area contributed by atoms with Gasteiger partial charge in [0.25, 0.3) is 0 Å². The Morgan fingerprint density at radius 2 is 1.90 bits per heavy atom. The summed E-state index contributed by atoms with van der Waals surface area (Å²) in [6, 6.07) is 14.3. The predicted octanol–water partition coefficient (Wildman–Crippen LogP) is 3.12. The van der Waals surface area contributed by atoms with Crippen LogP contribution in [0.2, 0.25) is 0 Å². The lowest BCUT2D eigenvalue weighted by Crippen LogP contribution is -2.24. The average molecular weight is 269 g/mol. The van der Waals surface area contributed by atoms with Crippen molar-refractivity contribution in [1.82, 2.24) is 9.88 Å². The number of nitrogens with zero attached hydrogens (tertiary/aromatic N) is 2. The largest absolute Gasteiger partial charge is 0.399 e. The van der Waals surface area contributed by atoms with E-state index >= 15 is 0 Å². The zero-order chi connectivity index (χ0) is 14.2. The maximum atomic E-state index is 5.70. The molecule has 0 aliphatic heterocycles. The van der Waals surface area contributed by atoms with Crippen LogP contribution in [0.3, 0.4) is 0 Å². The molecule has 0 fully saturated rings. The van der Waals surface area contributed by atoms with Gasteiger partial charge in [-0.15, -0.1) is 0 Å². The molecule has 0 spiro atoms. The number of hydrogen-bond acceptors (Lipinski definition) is 3. The second-order valence-corrected chi connectivity index (χ2v) is 5.03. The minimum absolute atomic E-state index is 0.832. The summed E-state index contributed by atoms with van der Waals surface area (Å²) in [5.74, 6) is 0. The first-order valence-corrected chi connectivity index (χ1v) is 7.24. The maximum Gasteiger partial charge on any atom is 0.0543 e. The average Bonchev–Trinajstić information content (AvgIpc) is 2.49. The van der Waals surface area contributed by atoms with Crippen LogP contribution in [-0.2, 0) is 13.0 Å². The molecule has 0 bridgehead atoms. The Bertz CT molecular complexity index is 493. The van der Waals surface area contributed by atoms with Crippen molar-refractivity contribution in [2.45, 2.75) is 26.3 Å². The van der Waals surface area contributed by atoms with Gasteiger partial charge in [0.1, 0.15) is 0 Å². The predicted molar refractivity (Wildman–Crippen MR) is 84.4 cm³/mol. The molecule has 106 valence electrons.